The minimum atomic E-state index is -0.101. The van der Waals surface area contributed by atoms with E-state index in [0.29, 0.717) is 12.1 Å². The first-order valence-corrected chi connectivity index (χ1v) is 6.76. The lowest BCUT2D eigenvalue weighted by atomic mass is 10.1. The molecule has 0 aliphatic heterocycles. The standard InChI is InChI=1S/C17H18N2O2/c1-12-4-3-5-15(10-12)17(21)18-11-14-6-8-16(9-7-14)19-13(2)20/h3-10H,11H2,1-2H3,(H,18,21)(H,19,20). The maximum atomic E-state index is 12.0. The molecule has 0 spiro atoms. The third-order valence-electron chi connectivity index (χ3n) is 3.01. The van der Waals surface area contributed by atoms with Crippen molar-refractivity contribution < 1.29 is 9.59 Å². The van der Waals surface area contributed by atoms with E-state index in [9.17, 15) is 9.59 Å². The second-order valence-corrected chi connectivity index (χ2v) is 4.93. The summed E-state index contributed by atoms with van der Waals surface area (Å²) < 4.78 is 0. The maximum absolute atomic E-state index is 12.0. The summed E-state index contributed by atoms with van der Waals surface area (Å²) in [5.74, 6) is -0.194. The van der Waals surface area contributed by atoms with Crippen LogP contribution in [0.25, 0.3) is 0 Å². The fraction of sp³-hybridized carbons (Fsp3) is 0.176. The van der Waals surface area contributed by atoms with Gasteiger partial charge in [-0.05, 0) is 36.8 Å². The van der Waals surface area contributed by atoms with Crippen molar-refractivity contribution in [3.05, 3.63) is 65.2 Å². The predicted octanol–water partition coefficient (Wildman–Crippen LogP) is 2.88. The Balaban J connectivity index is 1.93. The van der Waals surface area contributed by atoms with Gasteiger partial charge in [0.25, 0.3) is 5.91 Å². The number of carbonyl (C=O) groups excluding carboxylic acids is 2. The fourth-order valence-electron chi connectivity index (χ4n) is 1.98. The van der Waals surface area contributed by atoms with Crippen LogP contribution in [0.15, 0.2) is 48.5 Å². The van der Waals surface area contributed by atoms with Gasteiger partial charge in [0.2, 0.25) is 5.91 Å². The molecule has 0 aliphatic carbocycles. The van der Waals surface area contributed by atoms with Crippen molar-refractivity contribution in [3.8, 4) is 0 Å². The van der Waals surface area contributed by atoms with Crippen molar-refractivity contribution >= 4 is 17.5 Å². The molecule has 0 unspecified atom stereocenters. The van der Waals surface area contributed by atoms with Gasteiger partial charge in [-0.15, -0.1) is 0 Å². The van der Waals surface area contributed by atoms with E-state index in [4.69, 9.17) is 0 Å². The van der Waals surface area contributed by atoms with Gasteiger partial charge in [0.15, 0.2) is 0 Å². The van der Waals surface area contributed by atoms with E-state index < -0.39 is 0 Å². The van der Waals surface area contributed by atoms with Crippen molar-refractivity contribution in [2.45, 2.75) is 20.4 Å². The zero-order valence-corrected chi connectivity index (χ0v) is 12.1. The molecule has 0 atom stereocenters. The summed E-state index contributed by atoms with van der Waals surface area (Å²) in [7, 11) is 0. The Morgan fingerprint density at radius 2 is 1.76 bits per heavy atom. The molecule has 2 amide bonds. The summed E-state index contributed by atoms with van der Waals surface area (Å²) in [4.78, 5) is 22.9. The van der Waals surface area contributed by atoms with E-state index >= 15 is 0 Å². The molecule has 21 heavy (non-hydrogen) atoms. The minimum Gasteiger partial charge on any atom is -0.348 e. The number of nitrogens with one attached hydrogen (secondary N) is 2. The van der Waals surface area contributed by atoms with Crippen molar-refractivity contribution in [1.29, 1.82) is 0 Å². The third kappa shape index (κ3) is 4.45. The average molecular weight is 282 g/mol. The number of rotatable bonds is 4. The highest BCUT2D eigenvalue weighted by Gasteiger charge is 2.05. The minimum absolute atomic E-state index is 0.0929. The Hall–Kier alpha value is -2.62. The lowest BCUT2D eigenvalue weighted by Gasteiger charge is -2.07. The molecule has 2 rings (SSSR count). The zero-order chi connectivity index (χ0) is 15.2. The van der Waals surface area contributed by atoms with Crippen LogP contribution in [0, 0.1) is 6.92 Å². The van der Waals surface area contributed by atoms with Gasteiger partial charge in [0, 0.05) is 24.7 Å². The van der Waals surface area contributed by atoms with Crippen LogP contribution in [0.3, 0.4) is 0 Å². The molecule has 0 radical (unpaired) electrons. The SMILES string of the molecule is CC(=O)Nc1ccc(CNC(=O)c2cccc(C)c2)cc1. The van der Waals surface area contributed by atoms with Crippen LogP contribution in [0.2, 0.25) is 0 Å². The number of hydrogen-bond donors (Lipinski definition) is 2. The van der Waals surface area contributed by atoms with Gasteiger partial charge in [0.1, 0.15) is 0 Å². The number of hydrogen-bond acceptors (Lipinski definition) is 2. The lowest BCUT2D eigenvalue weighted by Crippen LogP contribution is -2.22. The van der Waals surface area contributed by atoms with E-state index in [1.54, 1.807) is 6.07 Å². The molecule has 0 fully saturated rings. The number of anilines is 1. The first-order valence-electron chi connectivity index (χ1n) is 6.76. The number of amides is 2. The number of carbonyl (C=O) groups is 2. The van der Waals surface area contributed by atoms with Gasteiger partial charge in [-0.3, -0.25) is 9.59 Å². The van der Waals surface area contributed by atoms with Gasteiger partial charge in [0.05, 0.1) is 0 Å². The van der Waals surface area contributed by atoms with Crippen molar-refractivity contribution in [2.75, 3.05) is 5.32 Å². The fourth-order valence-corrected chi connectivity index (χ4v) is 1.98. The normalized spacial score (nSPS) is 10.0. The smallest absolute Gasteiger partial charge is 0.251 e. The van der Waals surface area contributed by atoms with Crippen molar-refractivity contribution in [1.82, 2.24) is 5.32 Å². The lowest BCUT2D eigenvalue weighted by molar-refractivity contribution is -0.114. The number of benzene rings is 2. The van der Waals surface area contributed by atoms with Gasteiger partial charge in [-0.25, -0.2) is 0 Å². The Bertz CT molecular complexity index is 648. The first-order chi connectivity index (χ1) is 10.0. The molecule has 108 valence electrons. The van der Waals surface area contributed by atoms with Crippen LogP contribution < -0.4 is 10.6 Å². The molecule has 0 aliphatic rings. The quantitative estimate of drug-likeness (QED) is 0.906. The molecule has 0 saturated heterocycles. The Kier molecular flexibility index (Phi) is 4.72. The van der Waals surface area contributed by atoms with Gasteiger partial charge in [-0.1, -0.05) is 29.8 Å². The van der Waals surface area contributed by atoms with E-state index in [-0.39, 0.29) is 11.8 Å². The highest BCUT2D eigenvalue weighted by molar-refractivity contribution is 5.94. The predicted molar refractivity (Wildman–Crippen MR) is 83.1 cm³/mol. The molecule has 0 heterocycles. The molecule has 0 aromatic heterocycles. The molecular weight excluding hydrogens is 264 g/mol. The Labute approximate surface area is 124 Å². The third-order valence-corrected chi connectivity index (χ3v) is 3.01. The highest BCUT2D eigenvalue weighted by atomic mass is 16.2. The van der Waals surface area contributed by atoms with Crippen LogP contribution in [-0.4, -0.2) is 11.8 Å². The molecule has 2 N–H and O–H groups in total. The zero-order valence-electron chi connectivity index (χ0n) is 12.1. The van der Waals surface area contributed by atoms with E-state index in [2.05, 4.69) is 10.6 Å². The highest BCUT2D eigenvalue weighted by Crippen LogP contribution is 2.10. The van der Waals surface area contributed by atoms with Gasteiger partial charge < -0.3 is 10.6 Å². The van der Waals surface area contributed by atoms with Crippen LogP contribution in [-0.2, 0) is 11.3 Å². The molecule has 2 aromatic rings. The van der Waals surface area contributed by atoms with Crippen molar-refractivity contribution in [3.63, 3.8) is 0 Å². The van der Waals surface area contributed by atoms with Crippen LogP contribution in [0.1, 0.15) is 28.4 Å². The summed E-state index contributed by atoms with van der Waals surface area (Å²) >= 11 is 0. The topological polar surface area (TPSA) is 58.2 Å². The summed E-state index contributed by atoms with van der Waals surface area (Å²) in [6.45, 7) is 3.88. The summed E-state index contributed by atoms with van der Waals surface area (Å²) in [6, 6.07) is 14.9. The van der Waals surface area contributed by atoms with Crippen LogP contribution >= 0.6 is 0 Å². The maximum Gasteiger partial charge on any atom is 0.251 e. The largest absolute Gasteiger partial charge is 0.348 e. The molecule has 2 aromatic carbocycles. The Morgan fingerprint density at radius 3 is 2.38 bits per heavy atom. The Morgan fingerprint density at radius 1 is 1.05 bits per heavy atom. The summed E-state index contributed by atoms with van der Waals surface area (Å²) in [5.41, 5.74) is 3.44. The van der Waals surface area contributed by atoms with E-state index in [0.717, 1.165) is 16.8 Å². The molecule has 0 bridgehead atoms. The van der Waals surface area contributed by atoms with Crippen LogP contribution in [0.5, 0.6) is 0 Å². The summed E-state index contributed by atoms with van der Waals surface area (Å²) in [6.07, 6.45) is 0. The summed E-state index contributed by atoms with van der Waals surface area (Å²) in [5, 5.41) is 5.58. The second kappa shape index (κ2) is 6.70. The molecular formula is C17H18N2O2. The van der Waals surface area contributed by atoms with Gasteiger partial charge >= 0.3 is 0 Å². The molecule has 0 saturated carbocycles. The molecule has 4 heteroatoms. The second-order valence-electron chi connectivity index (χ2n) is 4.93. The number of aryl methyl sites for hydroxylation is 1. The monoisotopic (exact) mass is 282 g/mol. The average Bonchev–Trinajstić information content (AvgIpc) is 2.45. The van der Waals surface area contributed by atoms with E-state index in [1.807, 2.05) is 49.4 Å². The first kappa shape index (κ1) is 14.8. The van der Waals surface area contributed by atoms with E-state index in [1.165, 1.54) is 6.92 Å². The molecule has 4 nitrogen and oxygen atoms in total. The van der Waals surface area contributed by atoms with Crippen LogP contribution in [0.4, 0.5) is 5.69 Å². The van der Waals surface area contributed by atoms with Gasteiger partial charge in [-0.2, -0.15) is 0 Å². The van der Waals surface area contributed by atoms with Crippen molar-refractivity contribution in [2.24, 2.45) is 0 Å².